The standard InChI is InChI=1S/C22H29N3O2/c1-3-5-15-23-22(27)18-11-13-19(14-12-18)24-16-21(26)25-20(4-2)17-9-7-6-8-10-17/h6-14,20,24H,3-5,15-16H2,1-2H3,(H,23,27)(H,25,26). The number of carbonyl (C=O) groups is 2. The van der Waals surface area contributed by atoms with E-state index in [1.165, 1.54) is 0 Å². The van der Waals surface area contributed by atoms with E-state index in [-0.39, 0.29) is 24.4 Å². The Hall–Kier alpha value is -2.82. The topological polar surface area (TPSA) is 70.2 Å². The summed E-state index contributed by atoms with van der Waals surface area (Å²) in [4.78, 5) is 24.2. The van der Waals surface area contributed by atoms with Crippen molar-refractivity contribution in [3.05, 3.63) is 65.7 Å². The van der Waals surface area contributed by atoms with Crippen LogP contribution >= 0.6 is 0 Å². The van der Waals surface area contributed by atoms with Crippen molar-refractivity contribution < 1.29 is 9.59 Å². The van der Waals surface area contributed by atoms with Crippen LogP contribution in [0.15, 0.2) is 54.6 Å². The smallest absolute Gasteiger partial charge is 0.251 e. The monoisotopic (exact) mass is 367 g/mol. The summed E-state index contributed by atoms with van der Waals surface area (Å²) in [6.45, 7) is 5.02. The zero-order chi connectivity index (χ0) is 19.5. The summed E-state index contributed by atoms with van der Waals surface area (Å²) in [7, 11) is 0. The Bertz CT molecular complexity index is 714. The van der Waals surface area contributed by atoms with Crippen LogP contribution in [0.25, 0.3) is 0 Å². The molecule has 0 bridgehead atoms. The summed E-state index contributed by atoms with van der Waals surface area (Å²) < 4.78 is 0. The van der Waals surface area contributed by atoms with Crippen molar-refractivity contribution in [2.75, 3.05) is 18.4 Å². The minimum Gasteiger partial charge on any atom is -0.376 e. The molecule has 144 valence electrons. The molecule has 0 heterocycles. The van der Waals surface area contributed by atoms with Gasteiger partial charge in [0.05, 0.1) is 12.6 Å². The summed E-state index contributed by atoms with van der Waals surface area (Å²) in [6.07, 6.45) is 2.86. The molecule has 2 amide bonds. The number of amides is 2. The first-order chi connectivity index (χ1) is 13.1. The van der Waals surface area contributed by atoms with Gasteiger partial charge in [0.15, 0.2) is 0 Å². The molecule has 0 saturated heterocycles. The lowest BCUT2D eigenvalue weighted by molar-refractivity contribution is -0.120. The Balaban J connectivity index is 1.81. The normalized spacial score (nSPS) is 11.5. The van der Waals surface area contributed by atoms with E-state index in [1.54, 1.807) is 12.1 Å². The molecule has 5 heteroatoms. The van der Waals surface area contributed by atoms with Crippen molar-refractivity contribution in [2.24, 2.45) is 0 Å². The zero-order valence-corrected chi connectivity index (χ0v) is 16.1. The second-order valence-electron chi connectivity index (χ2n) is 6.48. The van der Waals surface area contributed by atoms with Crippen LogP contribution in [-0.4, -0.2) is 24.9 Å². The van der Waals surface area contributed by atoms with E-state index in [1.807, 2.05) is 42.5 Å². The molecule has 0 aliphatic rings. The molecule has 2 aromatic rings. The molecule has 2 rings (SSSR count). The number of carbonyl (C=O) groups excluding carboxylic acids is 2. The van der Waals surface area contributed by atoms with Gasteiger partial charge in [0, 0.05) is 17.8 Å². The van der Waals surface area contributed by atoms with Gasteiger partial charge in [0.1, 0.15) is 0 Å². The fourth-order valence-corrected chi connectivity index (χ4v) is 2.75. The lowest BCUT2D eigenvalue weighted by Gasteiger charge is -2.18. The minimum atomic E-state index is -0.0682. The quantitative estimate of drug-likeness (QED) is 0.558. The third-order valence-electron chi connectivity index (χ3n) is 4.36. The Morgan fingerprint density at radius 2 is 1.67 bits per heavy atom. The molecule has 0 aliphatic heterocycles. The van der Waals surface area contributed by atoms with Gasteiger partial charge in [-0.05, 0) is 42.7 Å². The van der Waals surface area contributed by atoms with E-state index < -0.39 is 0 Å². The van der Waals surface area contributed by atoms with Crippen LogP contribution < -0.4 is 16.0 Å². The van der Waals surface area contributed by atoms with Crippen LogP contribution in [0.5, 0.6) is 0 Å². The minimum absolute atomic E-state index is 0.00897. The molecule has 0 spiro atoms. The van der Waals surface area contributed by atoms with E-state index in [4.69, 9.17) is 0 Å². The third kappa shape index (κ3) is 6.77. The van der Waals surface area contributed by atoms with Crippen LogP contribution in [0.1, 0.15) is 55.1 Å². The first kappa shape index (κ1) is 20.5. The van der Waals surface area contributed by atoms with Gasteiger partial charge < -0.3 is 16.0 Å². The summed E-state index contributed by atoms with van der Waals surface area (Å²) in [6, 6.07) is 17.1. The van der Waals surface area contributed by atoms with E-state index >= 15 is 0 Å². The van der Waals surface area contributed by atoms with Crippen molar-refractivity contribution in [1.29, 1.82) is 0 Å². The number of rotatable bonds is 10. The van der Waals surface area contributed by atoms with Crippen LogP contribution in [0, 0.1) is 0 Å². The van der Waals surface area contributed by atoms with Gasteiger partial charge in [0.25, 0.3) is 5.91 Å². The lowest BCUT2D eigenvalue weighted by atomic mass is 10.0. The fourth-order valence-electron chi connectivity index (χ4n) is 2.75. The summed E-state index contributed by atoms with van der Waals surface area (Å²) in [5, 5.41) is 9.04. The Morgan fingerprint density at radius 3 is 2.30 bits per heavy atom. The number of unbranched alkanes of at least 4 members (excludes halogenated alkanes) is 1. The summed E-state index contributed by atoms with van der Waals surface area (Å²) in [5.74, 6) is -0.131. The summed E-state index contributed by atoms with van der Waals surface area (Å²) in [5.41, 5.74) is 2.53. The molecule has 5 nitrogen and oxygen atoms in total. The van der Waals surface area contributed by atoms with Gasteiger partial charge >= 0.3 is 0 Å². The predicted octanol–water partition coefficient (Wildman–Crippen LogP) is 3.90. The Labute approximate surface area is 161 Å². The SMILES string of the molecule is CCCCNC(=O)c1ccc(NCC(=O)NC(CC)c2ccccc2)cc1. The van der Waals surface area contributed by atoms with E-state index in [2.05, 4.69) is 29.8 Å². The van der Waals surface area contributed by atoms with Crippen molar-refractivity contribution in [3.63, 3.8) is 0 Å². The highest BCUT2D eigenvalue weighted by Gasteiger charge is 2.12. The highest BCUT2D eigenvalue weighted by Crippen LogP contribution is 2.16. The van der Waals surface area contributed by atoms with Crippen molar-refractivity contribution in [2.45, 2.75) is 39.2 Å². The van der Waals surface area contributed by atoms with Crippen LogP contribution in [0.2, 0.25) is 0 Å². The van der Waals surface area contributed by atoms with Gasteiger partial charge in [-0.25, -0.2) is 0 Å². The van der Waals surface area contributed by atoms with Gasteiger partial charge in [-0.1, -0.05) is 50.6 Å². The molecule has 0 aliphatic carbocycles. The maximum Gasteiger partial charge on any atom is 0.251 e. The van der Waals surface area contributed by atoms with Gasteiger partial charge in [-0.2, -0.15) is 0 Å². The van der Waals surface area contributed by atoms with Gasteiger partial charge in [0.2, 0.25) is 5.91 Å². The molecule has 0 aromatic heterocycles. The Kier molecular flexibility index (Phi) is 8.36. The third-order valence-corrected chi connectivity index (χ3v) is 4.36. The average Bonchev–Trinajstić information content (AvgIpc) is 2.71. The molecular formula is C22H29N3O2. The number of hydrogen-bond acceptors (Lipinski definition) is 3. The average molecular weight is 367 g/mol. The van der Waals surface area contributed by atoms with E-state index in [0.717, 1.165) is 30.5 Å². The highest BCUT2D eigenvalue weighted by atomic mass is 16.2. The van der Waals surface area contributed by atoms with Crippen LogP contribution in [-0.2, 0) is 4.79 Å². The number of hydrogen-bond donors (Lipinski definition) is 3. The molecule has 3 N–H and O–H groups in total. The van der Waals surface area contributed by atoms with Crippen molar-refractivity contribution >= 4 is 17.5 Å². The largest absolute Gasteiger partial charge is 0.376 e. The lowest BCUT2D eigenvalue weighted by Crippen LogP contribution is -2.33. The highest BCUT2D eigenvalue weighted by molar-refractivity contribution is 5.94. The van der Waals surface area contributed by atoms with Crippen LogP contribution in [0.3, 0.4) is 0 Å². The zero-order valence-electron chi connectivity index (χ0n) is 16.1. The van der Waals surface area contributed by atoms with Gasteiger partial charge in [-0.3, -0.25) is 9.59 Å². The molecule has 0 fully saturated rings. The molecular weight excluding hydrogens is 338 g/mol. The Morgan fingerprint density at radius 1 is 0.963 bits per heavy atom. The maximum atomic E-state index is 12.2. The van der Waals surface area contributed by atoms with Gasteiger partial charge in [-0.15, -0.1) is 0 Å². The molecule has 27 heavy (non-hydrogen) atoms. The molecule has 1 unspecified atom stereocenters. The maximum absolute atomic E-state index is 12.2. The second kappa shape index (κ2) is 11.0. The molecule has 0 radical (unpaired) electrons. The first-order valence-electron chi connectivity index (χ1n) is 9.60. The molecule has 0 saturated carbocycles. The second-order valence-corrected chi connectivity index (χ2v) is 6.48. The predicted molar refractivity (Wildman–Crippen MR) is 110 cm³/mol. The van der Waals surface area contributed by atoms with Crippen LogP contribution in [0.4, 0.5) is 5.69 Å². The number of benzene rings is 2. The van der Waals surface area contributed by atoms with Crippen molar-refractivity contribution in [1.82, 2.24) is 10.6 Å². The fraction of sp³-hybridized carbons (Fsp3) is 0.364. The number of anilines is 1. The molecule has 2 aromatic carbocycles. The molecule has 1 atom stereocenters. The van der Waals surface area contributed by atoms with E-state index in [0.29, 0.717) is 12.1 Å². The van der Waals surface area contributed by atoms with E-state index in [9.17, 15) is 9.59 Å². The summed E-state index contributed by atoms with van der Waals surface area (Å²) >= 11 is 0. The first-order valence-corrected chi connectivity index (χ1v) is 9.60. The number of nitrogens with one attached hydrogen (secondary N) is 3. The van der Waals surface area contributed by atoms with Crippen molar-refractivity contribution in [3.8, 4) is 0 Å².